The van der Waals surface area contributed by atoms with Gasteiger partial charge in [-0.05, 0) is 25.5 Å². The Balaban J connectivity index is 2.99. The van der Waals surface area contributed by atoms with E-state index in [9.17, 15) is 18.4 Å². The first kappa shape index (κ1) is 16.1. The second kappa shape index (κ2) is 6.45. The predicted octanol–water partition coefficient (Wildman–Crippen LogP) is 2.43. The molecule has 0 saturated carbocycles. The monoisotopic (exact) mass is 285 g/mol. The van der Waals surface area contributed by atoms with Gasteiger partial charge in [-0.15, -0.1) is 0 Å². The third kappa shape index (κ3) is 3.53. The maximum absolute atomic E-state index is 13.5. The molecule has 1 unspecified atom stereocenters. The van der Waals surface area contributed by atoms with Gasteiger partial charge in [0.15, 0.2) is 0 Å². The van der Waals surface area contributed by atoms with Gasteiger partial charge in [0.1, 0.15) is 17.2 Å². The first-order chi connectivity index (χ1) is 9.34. The van der Waals surface area contributed by atoms with Crippen molar-refractivity contribution in [3.8, 4) is 0 Å². The molecule has 1 rings (SSSR count). The molecule has 0 bridgehead atoms. The lowest BCUT2D eigenvalue weighted by molar-refractivity contribution is -0.147. The summed E-state index contributed by atoms with van der Waals surface area (Å²) in [4.78, 5) is 23.7. The number of methoxy groups -OCH3 is 1. The second-order valence-electron chi connectivity index (χ2n) is 4.65. The summed E-state index contributed by atoms with van der Waals surface area (Å²) < 4.78 is 31.0. The minimum Gasteiger partial charge on any atom is -0.467 e. The summed E-state index contributed by atoms with van der Waals surface area (Å²) in [7, 11) is 1.21. The summed E-state index contributed by atoms with van der Waals surface area (Å²) in [6.07, 6.45) is 0.964. The average molecular weight is 285 g/mol. The van der Waals surface area contributed by atoms with Crippen LogP contribution >= 0.6 is 0 Å². The van der Waals surface area contributed by atoms with E-state index in [1.165, 1.54) is 14.0 Å². The number of carbonyl (C=O) groups excluding carboxylic acids is 2. The van der Waals surface area contributed by atoms with Crippen molar-refractivity contribution < 1.29 is 23.1 Å². The lowest BCUT2D eigenvalue weighted by Gasteiger charge is -2.27. The van der Waals surface area contributed by atoms with Crippen LogP contribution in [0.4, 0.5) is 8.78 Å². The summed E-state index contributed by atoms with van der Waals surface area (Å²) in [5.41, 5.74) is -1.57. The van der Waals surface area contributed by atoms with Crippen LogP contribution in [0.15, 0.2) is 18.2 Å². The molecule has 20 heavy (non-hydrogen) atoms. The van der Waals surface area contributed by atoms with E-state index in [0.717, 1.165) is 12.1 Å². The smallest absolute Gasteiger partial charge is 0.331 e. The van der Waals surface area contributed by atoms with E-state index in [1.54, 1.807) is 0 Å². The van der Waals surface area contributed by atoms with E-state index in [-0.39, 0.29) is 5.56 Å². The van der Waals surface area contributed by atoms with Gasteiger partial charge in [0.05, 0.1) is 12.7 Å². The Hall–Kier alpha value is -1.98. The van der Waals surface area contributed by atoms with Gasteiger partial charge in [-0.25, -0.2) is 13.6 Å². The van der Waals surface area contributed by atoms with Gasteiger partial charge in [0.25, 0.3) is 5.91 Å². The molecule has 1 aromatic carbocycles. The van der Waals surface area contributed by atoms with Crippen molar-refractivity contribution in [3.63, 3.8) is 0 Å². The zero-order valence-corrected chi connectivity index (χ0v) is 11.6. The van der Waals surface area contributed by atoms with Crippen molar-refractivity contribution in [2.45, 2.75) is 32.2 Å². The maximum atomic E-state index is 13.5. The molecule has 0 aliphatic rings. The van der Waals surface area contributed by atoms with Gasteiger partial charge in [0, 0.05) is 6.07 Å². The summed E-state index contributed by atoms with van der Waals surface area (Å²) in [6.45, 7) is 3.34. The molecule has 4 nitrogen and oxygen atoms in total. The zero-order chi connectivity index (χ0) is 15.3. The van der Waals surface area contributed by atoms with Crippen LogP contribution in [0.3, 0.4) is 0 Å². The van der Waals surface area contributed by atoms with E-state index < -0.39 is 29.0 Å². The van der Waals surface area contributed by atoms with Crippen molar-refractivity contribution in [2.75, 3.05) is 7.11 Å². The topological polar surface area (TPSA) is 55.4 Å². The van der Waals surface area contributed by atoms with E-state index in [4.69, 9.17) is 0 Å². The molecule has 0 spiro atoms. The number of esters is 1. The van der Waals surface area contributed by atoms with Crippen LogP contribution in [0.1, 0.15) is 37.0 Å². The van der Waals surface area contributed by atoms with Gasteiger partial charge >= 0.3 is 5.97 Å². The fraction of sp³-hybridized carbons (Fsp3) is 0.429. The fourth-order valence-corrected chi connectivity index (χ4v) is 1.93. The van der Waals surface area contributed by atoms with Crippen LogP contribution in [-0.2, 0) is 9.53 Å². The van der Waals surface area contributed by atoms with Crippen LogP contribution in [0, 0.1) is 11.6 Å². The number of hydrogen-bond acceptors (Lipinski definition) is 3. The third-order valence-electron chi connectivity index (χ3n) is 2.95. The molecular formula is C14H17F2NO3. The lowest BCUT2D eigenvalue weighted by Crippen LogP contribution is -2.52. The van der Waals surface area contributed by atoms with E-state index >= 15 is 0 Å². The van der Waals surface area contributed by atoms with Gasteiger partial charge in [-0.2, -0.15) is 0 Å². The normalized spacial score (nSPS) is 13.4. The van der Waals surface area contributed by atoms with Crippen molar-refractivity contribution >= 4 is 11.9 Å². The quantitative estimate of drug-likeness (QED) is 0.845. The molecule has 0 aliphatic heterocycles. The highest BCUT2D eigenvalue weighted by Gasteiger charge is 2.35. The lowest BCUT2D eigenvalue weighted by atomic mass is 9.95. The van der Waals surface area contributed by atoms with Gasteiger partial charge < -0.3 is 10.1 Å². The number of halogens is 2. The van der Waals surface area contributed by atoms with Crippen molar-refractivity contribution in [3.05, 3.63) is 35.4 Å². The Labute approximate surface area is 116 Å². The number of carbonyl (C=O) groups is 2. The number of hydrogen-bond donors (Lipinski definition) is 1. The molecule has 0 fully saturated rings. The molecule has 1 N–H and O–H groups in total. The second-order valence-corrected chi connectivity index (χ2v) is 4.65. The summed E-state index contributed by atoms with van der Waals surface area (Å²) >= 11 is 0. The molecular weight excluding hydrogens is 268 g/mol. The Morgan fingerprint density at radius 1 is 1.35 bits per heavy atom. The van der Waals surface area contributed by atoms with E-state index in [2.05, 4.69) is 10.1 Å². The molecule has 0 aliphatic carbocycles. The Kier molecular flexibility index (Phi) is 5.19. The molecule has 110 valence electrons. The van der Waals surface area contributed by atoms with Gasteiger partial charge in [-0.3, -0.25) is 4.79 Å². The zero-order valence-electron chi connectivity index (χ0n) is 11.6. The van der Waals surface area contributed by atoms with Crippen LogP contribution in [0.25, 0.3) is 0 Å². The first-order valence-electron chi connectivity index (χ1n) is 6.20. The van der Waals surface area contributed by atoms with Crippen LogP contribution in [-0.4, -0.2) is 24.5 Å². The third-order valence-corrected chi connectivity index (χ3v) is 2.95. The molecule has 0 saturated heterocycles. The van der Waals surface area contributed by atoms with Crippen molar-refractivity contribution in [2.24, 2.45) is 0 Å². The van der Waals surface area contributed by atoms with Crippen LogP contribution < -0.4 is 5.32 Å². The van der Waals surface area contributed by atoms with E-state index in [0.29, 0.717) is 18.9 Å². The highest BCUT2D eigenvalue weighted by Crippen LogP contribution is 2.17. The average Bonchev–Trinajstić information content (AvgIpc) is 2.37. The summed E-state index contributed by atoms with van der Waals surface area (Å²) in [5, 5.41) is 2.45. The molecule has 0 aromatic heterocycles. The minimum absolute atomic E-state index is 0.322. The Morgan fingerprint density at radius 3 is 2.50 bits per heavy atom. The number of nitrogens with one attached hydrogen (secondary N) is 1. The summed E-state index contributed by atoms with van der Waals surface area (Å²) in [6, 6.07) is 2.63. The van der Waals surface area contributed by atoms with E-state index in [1.807, 2.05) is 6.92 Å². The molecule has 1 aromatic rings. The van der Waals surface area contributed by atoms with Crippen LogP contribution in [0.5, 0.6) is 0 Å². The van der Waals surface area contributed by atoms with Crippen LogP contribution in [0.2, 0.25) is 0 Å². The van der Waals surface area contributed by atoms with Crippen molar-refractivity contribution in [1.82, 2.24) is 5.32 Å². The molecule has 0 radical (unpaired) electrons. The molecule has 1 amide bonds. The van der Waals surface area contributed by atoms with Crippen molar-refractivity contribution in [1.29, 1.82) is 0 Å². The fourth-order valence-electron chi connectivity index (χ4n) is 1.93. The Bertz CT molecular complexity index is 519. The SMILES string of the molecule is CCCC(C)(NC(=O)c1ccc(F)cc1F)C(=O)OC. The predicted molar refractivity (Wildman–Crippen MR) is 69.2 cm³/mol. The number of amides is 1. The molecule has 1 atom stereocenters. The number of ether oxygens (including phenoxy) is 1. The van der Waals surface area contributed by atoms with Gasteiger partial charge in [-0.1, -0.05) is 13.3 Å². The Morgan fingerprint density at radius 2 is 2.00 bits per heavy atom. The maximum Gasteiger partial charge on any atom is 0.331 e. The highest BCUT2D eigenvalue weighted by atomic mass is 19.1. The number of benzene rings is 1. The highest BCUT2D eigenvalue weighted by molar-refractivity contribution is 5.98. The largest absolute Gasteiger partial charge is 0.467 e. The summed E-state index contributed by atoms with van der Waals surface area (Å²) in [5.74, 6) is -3.16. The number of rotatable bonds is 5. The molecule has 6 heteroatoms. The first-order valence-corrected chi connectivity index (χ1v) is 6.20. The minimum atomic E-state index is -1.25. The standard InChI is InChI=1S/C14H17F2NO3/c1-4-7-14(2,13(19)20-3)17-12(18)10-6-5-9(15)8-11(10)16/h5-6,8H,4,7H2,1-3H3,(H,17,18). The van der Waals surface area contributed by atoms with Gasteiger partial charge in [0.2, 0.25) is 0 Å². The molecule has 0 heterocycles.